The molecular formula is C15H20N2O4. The summed E-state index contributed by atoms with van der Waals surface area (Å²) in [5.74, 6) is -0.527. The van der Waals surface area contributed by atoms with E-state index in [4.69, 9.17) is 4.74 Å². The van der Waals surface area contributed by atoms with E-state index in [-0.39, 0.29) is 18.3 Å². The highest BCUT2D eigenvalue weighted by molar-refractivity contribution is 5.92. The first kappa shape index (κ1) is 16.8. The van der Waals surface area contributed by atoms with Gasteiger partial charge in [-0.05, 0) is 17.7 Å². The van der Waals surface area contributed by atoms with E-state index in [1.165, 1.54) is 13.2 Å². The first-order chi connectivity index (χ1) is 10.2. The lowest BCUT2D eigenvalue weighted by atomic mass is 10.2. The normalized spacial score (nSPS) is 10.6. The monoisotopic (exact) mass is 292 g/mol. The number of amides is 1. The molecule has 0 aliphatic rings. The van der Waals surface area contributed by atoms with Gasteiger partial charge in [0.05, 0.1) is 20.1 Å². The fourth-order valence-corrected chi connectivity index (χ4v) is 1.61. The van der Waals surface area contributed by atoms with Crippen LogP contribution in [0.3, 0.4) is 0 Å². The van der Waals surface area contributed by atoms with Gasteiger partial charge in [0.15, 0.2) is 0 Å². The zero-order chi connectivity index (χ0) is 15.5. The number of carbonyl (C=O) groups is 2. The van der Waals surface area contributed by atoms with Crippen molar-refractivity contribution in [1.82, 2.24) is 9.88 Å². The smallest absolute Gasteiger partial charge is 0.307 e. The summed E-state index contributed by atoms with van der Waals surface area (Å²) in [6, 6.07) is 3.65. The molecule has 0 N–H and O–H groups in total. The minimum absolute atomic E-state index is 0.159. The van der Waals surface area contributed by atoms with Crippen molar-refractivity contribution in [2.45, 2.75) is 6.42 Å². The minimum Gasteiger partial charge on any atom is -0.469 e. The SMILES string of the molecule is COCCN(CCC(=O)OC)C(=O)/C=C/c1cccnc1. The van der Waals surface area contributed by atoms with Crippen molar-refractivity contribution in [3.05, 3.63) is 36.2 Å². The molecule has 0 spiro atoms. The molecule has 0 aliphatic heterocycles. The Morgan fingerprint density at radius 2 is 2.14 bits per heavy atom. The van der Waals surface area contributed by atoms with Crippen LogP contribution in [0, 0.1) is 0 Å². The molecule has 0 bridgehead atoms. The van der Waals surface area contributed by atoms with Crippen LogP contribution in [0.5, 0.6) is 0 Å². The van der Waals surface area contributed by atoms with Crippen LogP contribution in [-0.2, 0) is 19.1 Å². The molecule has 6 nitrogen and oxygen atoms in total. The number of methoxy groups -OCH3 is 2. The second-order valence-electron chi connectivity index (χ2n) is 4.26. The first-order valence-electron chi connectivity index (χ1n) is 6.60. The third-order valence-electron chi connectivity index (χ3n) is 2.79. The Hall–Kier alpha value is -2.21. The summed E-state index contributed by atoms with van der Waals surface area (Å²) in [7, 11) is 2.89. The maximum Gasteiger partial charge on any atom is 0.307 e. The summed E-state index contributed by atoms with van der Waals surface area (Å²) in [5.41, 5.74) is 0.838. The molecule has 1 aromatic heterocycles. The lowest BCUT2D eigenvalue weighted by molar-refractivity contribution is -0.141. The fraction of sp³-hybridized carbons (Fsp3) is 0.400. The Balaban J connectivity index is 2.61. The van der Waals surface area contributed by atoms with E-state index in [0.717, 1.165) is 5.56 Å². The molecule has 1 amide bonds. The van der Waals surface area contributed by atoms with Gasteiger partial charge in [-0.25, -0.2) is 0 Å². The summed E-state index contributed by atoms with van der Waals surface area (Å²) in [6.45, 7) is 1.13. The van der Waals surface area contributed by atoms with Gasteiger partial charge in [0.2, 0.25) is 5.91 Å². The van der Waals surface area contributed by atoms with Gasteiger partial charge < -0.3 is 14.4 Å². The third-order valence-corrected chi connectivity index (χ3v) is 2.79. The van der Waals surface area contributed by atoms with Crippen molar-refractivity contribution in [2.24, 2.45) is 0 Å². The largest absolute Gasteiger partial charge is 0.469 e. The molecule has 0 aliphatic carbocycles. The van der Waals surface area contributed by atoms with Crippen LogP contribution in [0.4, 0.5) is 0 Å². The molecular weight excluding hydrogens is 272 g/mol. The Morgan fingerprint density at radius 3 is 2.76 bits per heavy atom. The maximum absolute atomic E-state index is 12.1. The van der Waals surface area contributed by atoms with Crippen LogP contribution in [0.25, 0.3) is 6.08 Å². The van der Waals surface area contributed by atoms with Crippen LogP contribution >= 0.6 is 0 Å². The van der Waals surface area contributed by atoms with E-state index in [1.54, 1.807) is 36.5 Å². The lowest BCUT2D eigenvalue weighted by Crippen LogP contribution is -2.34. The summed E-state index contributed by atoms with van der Waals surface area (Å²) >= 11 is 0. The van der Waals surface area contributed by atoms with Gasteiger partial charge >= 0.3 is 5.97 Å². The van der Waals surface area contributed by atoms with Crippen LogP contribution in [0.1, 0.15) is 12.0 Å². The molecule has 1 rings (SSSR count). The first-order valence-corrected chi connectivity index (χ1v) is 6.60. The standard InChI is InChI=1S/C15H20N2O4/c1-20-11-10-17(9-7-15(19)21-2)14(18)6-5-13-4-3-8-16-12-13/h3-6,8,12H,7,9-11H2,1-2H3/b6-5+. The number of nitrogens with zero attached hydrogens (tertiary/aromatic N) is 2. The van der Waals surface area contributed by atoms with Gasteiger partial charge in [0, 0.05) is 38.7 Å². The Labute approximate surface area is 124 Å². The van der Waals surface area contributed by atoms with E-state index in [9.17, 15) is 9.59 Å². The fourth-order valence-electron chi connectivity index (χ4n) is 1.61. The molecule has 21 heavy (non-hydrogen) atoms. The van der Waals surface area contributed by atoms with Crippen molar-refractivity contribution in [1.29, 1.82) is 0 Å². The van der Waals surface area contributed by atoms with Crippen LogP contribution in [0.2, 0.25) is 0 Å². The Morgan fingerprint density at radius 1 is 1.33 bits per heavy atom. The molecule has 1 heterocycles. The lowest BCUT2D eigenvalue weighted by Gasteiger charge is -2.20. The number of hydrogen-bond donors (Lipinski definition) is 0. The van der Waals surface area contributed by atoms with Crippen LogP contribution < -0.4 is 0 Å². The quantitative estimate of drug-likeness (QED) is 0.531. The molecule has 114 valence electrons. The Bertz CT molecular complexity index is 474. The second kappa shape index (κ2) is 9.66. The number of rotatable bonds is 8. The van der Waals surface area contributed by atoms with Crippen molar-refractivity contribution in [3.8, 4) is 0 Å². The van der Waals surface area contributed by atoms with Crippen molar-refractivity contribution >= 4 is 18.0 Å². The van der Waals surface area contributed by atoms with Crippen molar-refractivity contribution in [3.63, 3.8) is 0 Å². The predicted molar refractivity (Wildman–Crippen MR) is 78.4 cm³/mol. The average Bonchev–Trinajstić information content (AvgIpc) is 2.53. The summed E-state index contributed by atoms with van der Waals surface area (Å²) in [6.07, 6.45) is 6.64. The van der Waals surface area contributed by atoms with Gasteiger partial charge in [-0.2, -0.15) is 0 Å². The van der Waals surface area contributed by atoms with Crippen molar-refractivity contribution in [2.75, 3.05) is 33.9 Å². The summed E-state index contributed by atoms with van der Waals surface area (Å²) in [4.78, 5) is 28.8. The molecule has 6 heteroatoms. The predicted octanol–water partition coefficient (Wildman–Crippen LogP) is 1.13. The van der Waals surface area contributed by atoms with Gasteiger partial charge in [-0.1, -0.05) is 6.07 Å². The number of aromatic nitrogens is 1. The molecule has 0 aromatic carbocycles. The number of hydrogen-bond acceptors (Lipinski definition) is 5. The molecule has 1 aromatic rings. The summed E-state index contributed by atoms with van der Waals surface area (Å²) < 4.78 is 9.55. The molecule has 0 unspecified atom stereocenters. The van der Waals surface area contributed by atoms with E-state index >= 15 is 0 Å². The van der Waals surface area contributed by atoms with E-state index in [0.29, 0.717) is 19.7 Å². The number of ether oxygens (including phenoxy) is 2. The number of esters is 1. The van der Waals surface area contributed by atoms with Gasteiger partial charge in [-0.15, -0.1) is 0 Å². The van der Waals surface area contributed by atoms with Crippen molar-refractivity contribution < 1.29 is 19.1 Å². The van der Waals surface area contributed by atoms with Gasteiger partial charge in [0.25, 0.3) is 0 Å². The topological polar surface area (TPSA) is 68.7 Å². The number of carbonyl (C=O) groups excluding carboxylic acids is 2. The van der Waals surface area contributed by atoms with Gasteiger partial charge in [-0.3, -0.25) is 14.6 Å². The third kappa shape index (κ3) is 6.67. The van der Waals surface area contributed by atoms with E-state index < -0.39 is 0 Å². The van der Waals surface area contributed by atoms with Gasteiger partial charge in [0.1, 0.15) is 0 Å². The molecule has 0 fully saturated rings. The zero-order valence-corrected chi connectivity index (χ0v) is 12.3. The molecule has 0 atom stereocenters. The highest BCUT2D eigenvalue weighted by atomic mass is 16.5. The molecule has 0 saturated carbocycles. The van der Waals surface area contributed by atoms with E-state index in [2.05, 4.69) is 9.72 Å². The van der Waals surface area contributed by atoms with Crippen LogP contribution in [-0.4, -0.2) is 55.7 Å². The van der Waals surface area contributed by atoms with E-state index in [1.807, 2.05) is 6.07 Å². The minimum atomic E-state index is -0.346. The Kier molecular flexibility index (Phi) is 7.74. The summed E-state index contributed by atoms with van der Waals surface area (Å²) in [5, 5.41) is 0. The van der Waals surface area contributed by atoms with Crippen LogP contribution in [0.15, 0.2) is 30.6 Å². The second-order valence-corrected chi connectivity index (χ2v) is 4.26. The average molecular weight is 292 g/mol. The molecule has 0 saturated heterocycles. The zero-order valence-electron chi connectivity index (χ0n) is 12.3. The highest BCUT2D eigenvalue weighted by Gasteiger charge is 2.12. The maximum atomic E-state index is 12.1. The molecule has 0 radical (unpaired) electrons. The number of pyridine rings is 1. The highest BCUT2D eigenvalue weighted by Crippen LogP contribution is 2.02.